The number of nitrogens with zero attached hydrogens (tertiary/aromatic N) is 1. The average molecular weight is 362 g/mol. The maximum atomic E-state index is 12.7. The molecule has 0 bridgehead atoms. The van der Waals surface area contributed by atoms with E-state index in [-0.39, 0.29) is 11.4 Å². The van der Waals surface area contributed by atoms with Crippen molar-refractivity contribution in [1.29, 1.82) is 0 Å². The summed E-state index contributed by atoms with van der Waals surface area (Å²) in [5.41, 5.74) is 0. The fourth-order valence-corrected chi connectivity index (χ4v) is 5.01. The number of halogens is 1. The van der Waals surface area contributed by atoms with Crippen LogP contribution in [0.3, 0.4) is 0 Å². The van der Waals surface area contributed by atoms with E-state index in [0.717, 1.165) is 17.1 Å². The Balaban J connectivity index is 2.45. The molecule has 1 aliphatic heterocycles. The van der Waals surface area contributed by atoms with Crippen molar-refractivity contribution in [2.45, 2.75) is 36.6 Å². The number of carboxylic acids is 1. The highest BCUT2D eigenvalue weighted by molar-refractivity contribution is 9.10. The van der Waals surface area contributed by atoms with Crippen molar-refractivity contribution >= 4 is 31.9 Å². The monoisotopic (exact) mass is 361 g/mol. The Morgan fingerprint density at radius 1 is 1.25 bits per heavy atom. The van der Waals surface area contributed by atoms with Crippen LogP contribution in [0.1, 0.15) is 25.7 Å². The summed E-state index contributed by atoms with van der Waals surface area (Å²) in [5, 5.41) is 9.30. The number of aliphatic carboxylic acids is 1. The molecule has 0 spiro atoms. The predicted molar refractivity (Wildman–Crippen MR) is 77.9 cm³/mol. The van der Waals surface area contributed by atoms with Crippen LogP contribution in [-0.2, 0) is 14.8 Å². The first-order valence-electron chi connectivity index (χ1n) is 6.44. The lowest BCUT2D eigenvalue weighted by atomic mass is 10.1. The molecule has 20 heavy (non-hydrogen) atoms. The third-order valence-electron chi connectivity index (χ3n) is 3.41. The topological polar surface area (TPSA) is 74.7 Å². The van der Waals surface area contributed by atoms with Gasteiger partial charge < -0.3 is 5.11 Å². The predicted octanol–water partition coefficient (Wildman–Crippen LogP) is 2.47. The van der Waals surface area contributed by atoms with E-state index in [1.54, 1.807) is 18.2 Å². The third kappa shape index (κ3) is 3.05. The number of carbonyl (C=O) groups is 1. The Morgan fingerprint density at radius 2 is 1.95 bits per heavy atom. The molecule has 0 amide bonds. The fourth-order valence-electron chi connectivity index (χ4n) is 2.40. The molecule has 1 aromatic carbocycles. The second-order valence-corrected chi connectivity index (χ2v) is 7.46. The van der Waals surface area contributed by atoms with Crippen LogP contribution in [0.2, 0.25) is 0 Å². The molecular weight excluding hydrogens is 346 g/mol. The van der Waals surface area contributed by atoms with Crippen LogP contribution >= 0.6 is 15.9 Å². The molecular formula is C13H16BrNO4S. The summed E-state index contributed by atoms with van der Waals surface area (Å²) >= 11 is 3.22. The minimum Gasteiger partial charge on any atom is -0.480 e. The van der Waals surface area contributed by atoms with Crippen molar-refractivity contribution < 1.29 is 18.3 Å². The summed E-state index contributed by atoms with van der Waals surface area (Å²) in [6.07, 6.45) is 2.64. The molecule has 1 atom stereocenters. The van der Waals surface area contributed by atoms with Gasteiger partial charge in [0, 0.05) is 11.0 Å². The highest BCUT2D eigenvalue weighted by Crippen LogP contribution is 2.29. The molecule has 1 saturated heterocycles. The van der Waals surface area contributed by atoms with Crippen molar-refractivity contribution in [2.75, 3.05) is 6.54 Å². The van der Waals surface area contributed by atoms with Gasteiger partial charge in [0.2, 0.25) is 10.0 Å². The van der Waals surface area contributed by atoms with Crippen LogP contribution in [0.5, 0.6) is 0 Å². The first-order valence-corrected chi connectivity index (χ1v) is 8.67. The molecule has 1 fully saturated rings. The van der Waals surface area contributed by atoms with Crippen molar-refractivity contribution in [3.63, 3.8) is 0 Å². The van der Waals surface area contributed by atoms with Crippen LogP contribution in [-0.4, -0.2) is 36.4 Å². The van der Waals surface area contributed by atoms with E-state index in [1.165, 1.54) is 6.07 Å². The highest BCUT2D eigenvalue weighted by atomic mass is 79.9. The number of sulfonamides is 1. The molecule has 7 heteroatoms. The van der Waals surface area contributed by atoms with E-state index < -0.39 is 22.0 Å². The first kappa shape index (κ1) is 15.5. The lowest BCUT2D eigenvalue weighted by Crippen LogP contribution is -2.44. The molecule has 0 radical (unpaired) electrons. The number of carboxylic acid groups (broad SMARTS) is 1. The molecule has 1 heterocycles. The summed E-state index contributed by atoms with van der Waals surface area (Å²) in [6, 6.07) is 5.50. The maximum Gasteiger partial charge on any atom is 0.322 e. The van der Waals surface area contributed by atoms with Gasteiger partial charge in [-0.3, -0.25) is 4.79 Å². The number of benzene rings is 1. The Kier molecular flexibility index (Phi) is 4.82. The SMILES string of the molecule is O=C(O)C1CCCCCN1S(=O)(=O)c1ccccc1Br. The van der Waals surface area contributed by atoms with Crippen molar-refractivity contribution in [1.82, 2.24) is 4.31 Å². The van der Waals surface area contributed by atoms with Crippen LogP contribution in [0, 0.1) is 0 Å². The molecule has 0 saturated carbocycles. The number of hydrogen-bond donors (Lipinski definition) is 1. The van der Waals surface area contributed by atoms with Gasteiger partial charge in [0.25, 0.3) is 0 Å². The van der Waals surface area contributed by atoms with Crippen LogP contribution in [0.15, 0.2) is 33.6 Å². The Morgan fingerprint density at radius 3 is 2.60 bits per heavy atom. The maximum absolute atomic E-state index is 12.7. The average Bonchev–Trinajstić information content (AvgIpc) is 2.65. The van der Waals surface area contributed by atoms with Crippen molar-refractivity contribution in [3.8, 4) is 0 Å². The zero-order chi connectivity index (χ0) is 14.8. The van der Waals surface area contributed by atoms with E-state index in [0.29, 0.717) is 17.3 Å². The minimum absolute atomic E-state index is 0.119. The van der Waals surface area contributed by atoms with Crippen LogP contribution < -0.4 is 0 Å². The van der Waals surface area contributed by atoms with Gasteiger partial charge in [-0.1, -0.05) is 25.0 Å². The van der Waals surface area contributed by atoms with Crippen LogP contribution in [0.4, 0.5) is 0 Å². The van der Waals surface area contributed by atoms with Crippen LogP contribution in [0.25, 0.3) is 0 Å². The first-order chi connectivity index (χ1) is 9.44. The highest BCUT2D eigenvalue weighted by Gasteiger charge is 2.37. The molecule has 0 aromatic heterocycles. The van der Waals surface area contributed by atoms with E-state index in [2.05, 4.69) is 15.9 Å². The van der Waals surface area contributed by atoms with Gasteiger partial charge in [0.05, 0.1) is 4.90 Å². The van der Waals surface area contributed by atoms with E-state index >= 15 is 0 Å². The van der Waals surface area contributed by atoms with Crippen molar-refractivity contribution in [3.05, 3.63) is 28.7 Å². The quantitative estimate of drug-likeness (QED) is 0.897. The van der Waals surface area contributed by atoms with E-state index in [1.807, 2.05) is 0 Å². The lowest BCUT2D eigenvalue weighted by Gasteiger charge is -2.26. The van der Waals surface area contributed by atoms with Gasteiger partial charge >= 0.3 is 5.97 Å². The molecule has 5 nitrogen and oxygen atoms in total. The summed E-state index contributed by atoms with van der Waals surface area (Å²) in [4.78, 5) is 11.5. The van der Waals surface area contributed by atoms with E-state index in [4.69, 9.17) is 0 Å². The number of rotatable bonds is 3. The number of hydrogen-bond acceptors (Lipinski definition) is 3. The Hall–Kier alpha value is -0.920. The van der Waals surface area contributed by atoms with Gasteiger partial charge in [0.1, 0.15) is 6.04 Å². The van der Waals surface area contributed by atoms with Gasteiger partial charge in [-0.25, -0.2) is 8.42 Å². The largest absolute Gasteiger partial charge is 0.480 e. The summed E-state index contributed by atoms with van der Waals surface area (Å²) in [7, 11) is -3.80. The van der Waals surface area contributed by atoms with Gasteiger partial charge in [-0.2, -0.15) is 4.31 Å². The van der Waals surface area contributed by atoms with Gasteiger partial charge in [-0.05, 0) is 40.9 Å². The van der Waals surface area contributed by atoms with E-state index in [9.17, 15) is 18.3 Å². The molecule has 2 rings (SSSR count). The molecule has 0 aliphatic carbocycles. The zero-order valence-corrected chi connectivity index (χ0v) is 13.2. The fraction of sp³-hybridized carbons (Fsp3) is 0.462. The Labute approximate surface area is 126 Å². The smallest absolute Gasteiger partial charge is 0.322 e. The minimum atomic E-state index is -3.80. The standard InChI is InChI=1S/C13H16BrNO4S/c14-10-6-3-4-8-12(10)20(18,19)15-9-5-1-2-7-11(15)13(16)17/h3-4,6,8,11H,1-2,5,7,9H2,(H,16,17). The van der Waals surface area contributed by atoms with Crippen molar-refractivity contribution in [2.24, 2.45) is 0 Å². The Bertz CT molecular complexity index is 602. The molecule has 1 N–H and O–H groups in total. The van der Waals surface area contributed by atoms with Gasteiger partial charge in [0.15, 0.2) is 0 Å². The summed E-state index contributed by atoms with van der Waals surface area (Å²) < 4.78 is 27.0. The zero-order valence-electron chi connectivity index (χ0n) is 10.8. The second-order valence-electron chi connectivity index (χ2n) is 4.75. The molecule has 1 aromatic rings. The molecule has 110 valence electrons. The molecule has 1 unspecified atom stereocenters. The van der Waals surface area contributed by atoms with Gasteiger partial charge in [-0.15, -0.1) is 0 Å². The normalized spacial score (nSPS) is 21.4. The third-order valence-corrected chi connectivity index (χ3v) is 6.33. The summed E-state index contributed by atoms with van der Waals surface area (Å²) in [5.74, 6) is -1.08. The second kappa shape index (κ2) is 6.24. The molecule has 1 aliphatic rings. The summed E-state index contributed by atoms with van der Waals surface area (Å²) in [6.45, 7) is 0.251. The lowest BCUT2D eigenvalue weighted by molar-refractivity contribution is -0.141.